The lowest BCUT2D eigenvalue weighted by Crippen LogP contribution is -2.09. The van der Waals surface area contributed by atoms with E-state index in [1.165, 1.54) is 33.4 Å². The molecule has 0 aromatic heterocycles. The van der Waals surface area contributed by atoms with Crippen molar-refractivity contribution in [3.63, 3.8) is 0 Å². The Bertz CT molecular complexity index is 1140. The number of ether oxygens (including phenoxy) is 3. The van der Waals surface area contributed by atoms with Crippen LogP contribution >= 0.6 is 22.6 Å². The predicted octanol–water partition coefficient (Wildman–Crippen LogP) is 9.02. The van der Waals surface area contributed by atoms with Crippen LogP contribution in [0, 0.1) is 3.57 Å². The first-order valence-electron chi connectivity index (χ1n) is 11.9. The van der Waals surface area contributed by atoms with Gasteiger partial charge in [-0.15, -0.1) is 0 Å². The summed E-state index contributed by atoms with van der Waals surface area (Å²) in [5.74, 6) is 3.62. The standard InChI is InChI=1S/C30H37IO3/c1-17(2)22-16-23(18(3)4)28(29-24(33-8)14-15-25(34-9)30(29)31)26(19(5)6)27(22)20-10-12-21(32-7)13-11-20/h10-19H,1-9H3. The fourth-order valence-electron chi connectivity index (χ4n) is 4.69. The van der Waals surface area contributed by atoms with Gasteiger partial charge in [-0.05, 0) is 98.0 Å². The van der Waals surface area contributed by atoms with E-state index >= 15 is 0 Å². The quantitative estimate of drug-likeness (QED) is 0.252. The Morgan fingerprint density at radius 2 is 1.12 bits per heavy atom. The molecule has 0 amide bonds. The summed E-state index contributed by atoms with van der Waals surface area (Å²) < 4.78 is 18.2. The fraction of sp³-hybridized carbons (Fsp3) is 0.400. The van der Waals surface area contributed by atoms with Gasteiger partial charge in [0, 0.05) is 5.56 Å². The number of methoxy groups -OCH3 is 3. The van der Waals surface area contributed by atoms with Crippen molar-refractivity contribution in [3.05, 3.63) is 62.7 Å². The van der Waals surface area contributed by atoms with Crippen molar-refractivity contribution in [1.29, 1.82) is 0 Å². The van der Waals surface area contributed by atoms with Crippen LogP contribution in [0.1, 0.15) is 76.0 Å². The van der Waals surface area contributed by atoms with E-state index in [1.807, 2.05) is 12.1 Å². The Balaban J connectivity index is 2.57. The molecule has 0 aliphatic heterocycles. The third-order valence-corrected chi connectivity index (χ3v) is 7.46. The number of halogens is 1. The predicted molar refractivity (Wildman–Crippen MR) is 152 cm³/mol. The minimum absolute atomic E-state index is 0.301. The first-order chi connectivity index (χ1) is 16.2. The molecule has 4 heteroatoms. The van der Waals surface area contributed by atoms with Crippen LogP contribution in [0.4, 0.5) is 0 Å². The summed E-state index contributed by atoms with van der Waals surface area (Å²) in [5, 5.41) is 0. The third kappa shape index (κ3) is 4.93. The van der Waals surface area contributed by atoms with Gasteiger partial charge in [-0.3, -0.25) is 0 Å². The van der Waals surface area contributed by atoms with Crippen molar-refractivity contribution in [2.24, 2.45) is 0 Å². The Kier molecular flexibility index (Phi) is 8.56. The van der Waals surface area contributed by atoms with E-state index in [0.29, 0.717) is 17.8 Å². The zero-order valence-corrected chi connectivity index (χ0v) is 24.0. The summed E-state index contributed by atoms with van der Waals surface area (Å²) in [7, 11) is 5.18. The van der Waals surface area contributed by atoms with Gasteiger partial charge in [0.05, 0.1) is 24.9 Å². The van der Waals surface area contributed by atoms with E-state index in [4.69, 9.17) is 14.2 Å². The van der Waals surface area contributed by atoms with Crippen LogP contribution in [0.5, 0.6) is 17.2 Å². The van der Waals surface area contributed by atoms with Gasteiger partial charge in [-0.2, -0.15) is 0 Å². The molecule has 0 aliphatic rings. The lowest BCUT2D eigenvalue weighted by molar-refractivity contribution is 0.402. The smallest absolute Gasteiger partial charge is 0.133 e. The van der Waals surface area contributed by atoms with E-state index < -0.39 is 0 Å². The molecular formula is C30H37IO3. The summed E-state index contributed by atoms with van der Waals surface area (Å²) >= 11 is 2.41. The Hall–Kier alpha value is -2.21. The largest absolute Gasteiger partial charge is 0.497 e. The fourth-order valence-corrected chi connectivity index (χ4v) is 5.63. The lowest BCUT2D eigenvalue weighted by atomic mass is 9.76. The Labute approximate surface area is 219 Å². The summed E-state index contributed by atoms with van der Waals surface area (Å²) in [6, 6.07) is 14.9. The first kappa shape index (κ1) is 26.4. The van der Waals surface area contributed by atoms with Gasteiger partial charge in [0.2, 0.25) is 0 Å². The van der Waals surface area contributed by atoms with Gasteiger partial charge < -0.3 is 14.2 Å². The molecule has 0 fully saturated rings. The molecule has 0 atom stereocenters. The van der Waals surface area contributed by atoms with Crippen molar-refractivity contribution in [1.82, 2.24) is 0 Å². The maximum atomic E-state index is 5.93. The van der Waals surface area contributed by atoms with E-state index in [9.17, 15) is 0 Å². The topological polar surface area (TPSA) is 27.7 Å². The molecule has 0 radical (unpaired) electrons. The SMILES string of the molecule is COc1ccc(-c2c(C(C)C)cc(C(C)C)c(-c3c(OC)ccc(OC)c3I)c2C(C)C)cc1. The monoisotopic (exact) mass is 572 g/mol. The first-order valence-corrected chi connectivity index (χ1v) is 13.0. The molecule has 0 heterocycles. The highest BCUT2D eigenvalue weighted by Gasteiger charge is 2.28. The highest BCUT2D eigenvalue weighted by molar-refractivity contribution is 14.1. The molecule has 0 bridgehead atoms. The molecule has 0 N–H and O–H groups in total. The molecular weight excluding hydrogens is 535 g/mol. The molecule has 3 nitrogen and oxygen atoms in total. The summed E-state index contributed by atoms with van der Waals surface area (Å²) in [4.78, 5) is 0. The molecule has 0 spiro atoms. The normalized spacial score (nSPS) is 11.4. The summed E-state index contributed by atoms with van der Waals surface area (Å²) in [5.41, 5.74) is 8.96. The Morgan fingerprint density at radius 1 is 0.588 bits per heavy atom. The van der Waals surface area contributed by atoms with Gasteiger partial charge in [-0.1, -0.05) is 59.7 Å². The number of rotatable bonds is 8. The number of hydrogen-bond acceptors (Lipinski definition) is 3. The van der Waals surface area contributed by atoms with Crippen LogP contribution in [0.15, 0.2) is 42.5 Å². The van der Waals surface area contributed by atoms with Gasteiger partial charge in [-0.25, -0.2) is 0 Å². The van der Waals surface area contributed by atoms with E-state index in [2.05, 4.69) is 94.5 Å². The highest BCUT2D eigenvalue weighted by Crippen LogP contribution is 2.50. The average Bonchev–Trinajstić information content (AvgIpc) is 2.82. The van der Waals surface area contributed by atoms with Crippen LogP contribution in [0.2, 0.25) is 0 Å². The molecule has 0 saturated carbocycles. The van der Waals surface area contributed by atoms with Crippen molar-refractivity contribution in [2.45, 2.75) is 59.3 Å². The third-order valence-electron chi connectivity index (χ3n) is 6.39. The average molecular weight is 573 g/mol. The zero-order chi connectivity index (χ0) is 25.2. The second-order valence-electron chi connectivity index (χ2n) is 9.57. The van der Waals surface area contributed by atoms with Gasteiger partial charge in [0.25, 0.3) is 0 Å². The van der Waals surface area contributed by atoms with Crippen molar-refractivity contribution in [3.8, 4) is 39.5 Å². The summed E-state index contributed by atoms with van der Waals surface area (Å²) in [6.07, 6.45) is 0. The molecule has 34 heavy (non-hydrogen) atoms. The van der Waals surface area contributed by atoms with Crippen LogP contribution in [0.3, 0.4) is 0 Å². The van der Waals surface area contributed by atoms with Crippen LogP contribution in [-0.2, 0) is 0 Å². The Morgan fingerprint density at radius 3 is 1.59 bits per heavy atom. The van der Waals surface area contributed by atoms with E-state index in [0.717, 1.165) is 26.4 Å². The van der Waals surface area contributed by atoms with Crippen LogP contribution in [-0.4, -0.2) is 21.3 Å². The van der Waals surface area contributed by atoms with E-state index in [-0.39, 0.29) is 0 Å². The minimum Gasteiger partial charge on any atom is -0.497 e. The van der Waals surface area contributed by atoms with E-state index in [1.54, 1.807) is 21.3 Å². The zero-order valence-electron chi connectivity index (χ0n) is 21.9. The summed E-state index contributed by atoms with van der Waals surface area (Å²) in [6.45, 7) is 13.7. The second kappa shape index (κ2) is 11.0. The van der Waals surface area contributed by atoms with Gasteiger partial charge >= 0.3 is 0 Å². The van der Waals surface area contributed by atoms with Crippen molar-refractivity contribution < 1.29 is 14.2 Å². The minimum atomic E-state index is 0.301. The molecule has 0 saturated heterocycles. The number of hydrogen-bond donors (Lipinski definition) is 0. The molecule has 0 aliphatic carbocycles. The van der Waals surface area contributed by atoms with Gasteiger partial charge in [0.1, 0.15) is 17.2 Å². The maximum absolute atomic E-state index is 5.93. The van der Waals surface area contributed by atoms with Gasteiger partial charge in [0.15, 0.2) is 0 Å². The lowest BCUT2D eigenvalue weighted by Gasteiger charge is -2.29. The molecule has 3 rings (SSSR count). The van der Waals surface area contributed by atoms with Crippen molar-refractivity contribution >= 4 is 22.6 Å². The molecule has 0 unspecified atom stereocenters. The van der Waals surface area contributed by atoms with Crippen LogP contribution < -0.4 is 14.2 Å². The van der Waals surface area contributed by atoms with Crippen molar-refractivity contribution in [2.75, 3.05) is 21.3 Å². The van der Waals surface area contributed by atoms with Crippen LogP contribution in [0.25, 0.3) is 22.3 Å². The highest BCUT2D eigenvalue weighted by atomic mass is 127. The molecule has 3 aromatic carbocycles. The number of benzene rings is 3. The second-order valence-corrected chi connectivity index (χ2v) is 10.6. The molecule has 3 aromatic rings. The molecule has 182 valence electrons. The maximum Gasteiger partial charge on any atom is 0.133 e.